The van der Waals surface area contributed by atoms with Gasteiger partial charge in [-0.3, -0.25) is 0 Å². The largest absolute Gasteiger partial charge is 0.371 e. The fourth-order valence-corrected chi connectivity index (χ4v) is 2.48. The van der Waals surface area contributed by atoms with E-state index < -0.39 is 0 Å². The van der Waals surface area contributed by atoms with Gasteiger partial charge in [0.15, 0.2) is 0 Å². The highest BCUT2D eigenvalue weighted by molar-refractivity contribution is 5.51. The van der Waals surface area contributed by atoms with Crippen molar-refractivity contribution in [1.29, 1.82) is 0 Å². The molecule has 0 fully saturated rings. The van der Waals surface area contributed by atoms with Gasteiger partial charge in [-0.05, 0) is 55.0 Å². The van der Waals surface area contributed by atoms with Gasteiger partial charge >= 0.3 is 0 Å². The van der Waals surface area contributed by atoms with E-state index in [1.54, 1.807) is 0 Å². The first-order valence-electron chi connectivity index (χ1n) is 7.48. The number of hydrogen-bond acceptors (Lipinski definition) is 2. The Bertz CT molecular complexity index is 373. The van der Waals surface area contributed by atoms with E-state index in [9.17, 15) is 0 Å². The van der Waals surface area contributed by atoms with E-state index >= 15 is 0 Å². The molecule has 108 valence electrons. The van der Waals surface area contributed by atoms with Gasteiger partial charge < -0.3 is 10.6 Å². The summed E-state index contributed by atoms with van der Waals surface area (Å²) in [5.74, 6) is 1.37. The first-order valence-corrected chi connectivity index (χ1v) is 7.48. The summed E-state index contributed by atoms with van der Waals surface area (Å²) < 4.78 is 0. The molecular weight excluding hydrogens is 232 g/mol. The van der Waals surface area contributed by atoms with E-state index in [4.69, 9.17) is 5.73 Å². The summed E-state index contributed by atoms with van der Waals surface area (Å²) in [5.41, 5.74) is 9.73. The predicted octanol–water partition coefficient (Wildman–Crippen LogP) is 3.61. The van der Waals surface area contributed by atoms with Gasteiger partial charge in [0.05, 0.1) is 0 Å². The van der Waals surface area contributed by atoms with Crippen molar-refractivity contribution in [2.75, 3.05) is 24.5 Å². The van der Waals surface area contributed by atoms with Crippen molar-refractivity contribution >= 4 is 5.69 Å². The first kappa shape index (κ1) is 16.0. The van der Waals surface area contributed by atoms with Gasteiger partial charge in [-0.2, -0.15) is 0 Å². The van der Waals surface area contributed by atoms with E-state index in [0.29, 0.717) is 11.8 Å². The number of nitrogens with zero attached hydrogens (tertiary/aromatic N) is 1. The molecule has 0 spiro atoms. The third-order valence-corrected chi connectivity index (χ3v) is 3.28. The summed E-state index contributed by atoms with van der Waals surface area (Å²) in [6.07, 6.45) is 0.973. The minimum atomic E-state index is 0.683. The third kappa shape index (κ3) is 5.23. The van der Waals surface area contributed by atoms with Gasteiger partial charge in [-0.15, -0.1) is 0 Å². The van der Waals surface area contributed by atoms with Crippen LogP contribution in [0.15, 0.2) is 18.2 Å². The van der Waals surface area contributed by atoms with Crippen LogP contribution in [0.1, 0.15) is 38.8 Å². The van der Waals surface area contributed by atoms with E-state index in [2.05, 4.69) is 57.7 Å². The number of aryl methyl sites for hydroxylation is 1. The Balaban J connectivity index is 2.92. The highest BCUT2D eigenvalue weighted by Gasteiger charge is 2.11. The van der Waals surface area contributed by atoms with E-state index in [1.807, 2.05) is 0 Å². The molecule has 2 nitrogen and oxygen atoms in total. The van der Waals surface area contributed by atoms with Crippen LogP contribution in [0.3, 0.4) is 0 Å². The second kappa shape index (κ2) is 7.54. The zero-order valence-electron chi connectivity index (χ0n) is 13.2. The first-order chi connectivity index (χ1) is 8.93. The summed E-state index contributed by atoms with van der Waals surface area (Å²) in [6, 6.07) is 6.81. The molecule has 0 aromatic heterocycles. The summed E-state index contributed by atoms with van der Waals surface area (Å²) >= 11 is 0. The smallest absolute Gasteiger partial charge is 0.0369 e. The SMILES string of the molecule is Cc1cc(N(CC(C)C)CC(C)C)ccc1CCN. The molecule has 0 heterocycles. The van der Waals surface area contributed by atoms with Crippen LogP contribution < -0.4 is 10.6 Å². The standard InChI is InChI=1S/C17H30N2/c1-13(2)11-19(12-14(3)4)17-7-6-16(8-9-18)15(5)10-17/h6-7,10,13-14H,8-9,11-12,18H2,1-5H3. The number of hydrogen-bond donors (Lipinski definition) is 1. The minimum Gasteiger partial charge on any atom is -0.371 e. The van der Waals surface area contributed by atoms with Crippen LogP contribution in [-0.2, 0) is 6.42 Å². The molecular formula is C17H30N2. The van der Waals surface area contributed by atoms with E-state index in [-0.39, 0.29) is 0 Å². The van der Waals surface area contributed by atoms with Gasteiger partial charge in [-0.1, -0.05) is 33.8 Å². The normalized spacial score (nSPS) is 11.4. The van der Waals surface area contributed by atoms with Crippen LogP contribution in [0.25, 0.3) is 0 Å². The second-order valence-electron chi connectivity index (χ2n) is 6.34. The molecule has 0 aliphatic carbocycles. The average Bonchev–Trinajstić information content (AvgIpc) is 2.30. The zero-order chi connectivity index (χ0) is 14.4. The zero-order valence-corrected chi connectivity index (χ0v) is 13.2. The van der Waals surface area contributed by atoms with Crippen molar-refractivity contribution < 1.29 is 0 Å². The Morgan fingerprint density at radius 1 is 1.05 bits per heavy atom. The maximum Gasteiger partial charge on any atom is 0.0369 e. The lowest BCUT2D eigenvalue weighted by Gasteiger charge is -2.29. The average molecular weight is 262 g/mol. The fourth-order valence-electron chi connectivity index (χ4n) is 2.48. The third-order valence-electron chi connectivity index (χ3n) is 3.28. The topological polar surface area (TPSA) is 29.3 Å². The quantitative estimate of drug-likeness (QED) is 0.813. The van der Waals surface area contributed by atoms with E-state index in [0.717, 1.165) is 26.1 Å². The summed E-state index contributed by atoms with van der Waals surface area (Å²) in [5, 5.41) is 0. The van der Waals surface area contributed by atoms with Crippen LogP contribution >= 0.6 is 0 Å². The van der Waals surface area contributed by atoms with Crippen molar-refractivity contribution in [2.24, 2.45) is 17.6 Å². The molecule has 0 saturated heterocycles. The molecule has 2 heteroatoms. The molecule has 0 amide bonds. The molecule has 1 rings (SSSR count). The van der Waals surface area contributed by atoms with Gasteiger partial charge in [0.1, 0.15) is 0 Å². The number of benzene rings is 1. The Labute approximate surface area is 119 Å². The second-order valence-corrected chi connectivity index (χ2v) is 6.34. The van der Waals surface area contributed by atoms with E-state index in [1.165, 1.54) is 16.8 Å². The number of rotatable bonds is 7. The highest BCUT2D eigenvalue weighted by atomic mass is 15.1. The predicted molar refractivity (Wildman–Crippen MR) is 85.8 cm³/mol. The molecule has 0 radical (unpaired) electrons. The molecule has 0 aliphatic rings. The molecule has 0 bridgehead atoms. The van der Waals surface area contributed by atoms with Crippen LogP contribution in [0, 0.1) is 18.8 Å². The molecule has 1 aromatic rings. The molecule has 0 unspecified atom stereocenters. The number of nitrogens with two attached hydrogens (primary N) is 1. The Morgan fingerprint density at radius 3 is 2.05 bits per heavy atom. The van der Waals surface area contributed by atoms with Crippen LogP contribution in [0.4, 0.5) is 5.69 Å². The summed E-state index contributed by atoms with van der Waals surface area (Å²) in [6.45, 7) is 14.3. The molecule has 1 aromatic carbocycles. The van der Waals surface area contributed by atoms with Crippen LogP contribution in [0.5, 0.6) is 0 Å². The monoisotopic (exact) mass is 262 g/mol. The Hall–Kier alpha value is -1.02. The lowest BCUT2D eigenvalue weighted by molar-refractivity contribution is 0.552. The Kier molecular flexibility index (Phi) is 6.36. The summed E-state index contributed by atoms with van der Waals surface area (Å²) in [7, 11) is 0. The van der Waals surface area contributed by atoms with Crippen LogP contribution in [-0.4, -0.2) is 19.6 Å². The summed E-state index contributed by atoms with van der Waals surface area (Å²) in [4.78, 5) is 2.51. The van der Waals surface area contributed by atoms with Crippen molar-refractivity contribution in [3.8, 4) is 0 Å². The molecule has 19 heavy (non-hydrogen) atoms. The number of anilines is 1. The molecule has 0 atom stereocenters. The Morgan fingerprint density at radius 2 is 1.63 bits per heavy atom. The maximum absolute atomic E-state index is 5.65. The van der Waals surface area contributed by atoms with Gasteiger partial charge in [0, 0.05) is 18.8 Å². The lowest BCUT2D eigenvalue weighted by atomic mass is 10.0. The molecule has 2 N–H and O–H groups in total. The molecule has 0 aliphatic heterocycles. The van der Waals surface area contributed by atoms with Crippen molar-refractivity contribution in [2.45, 2.75) is 41.0 Å². The van der Waals surface area contributed by atoms with Gasteiger partial charge in [0.25, 0.3) is 0 Å². The van der Waals surface area contributed by atoms with Crippen molar-refractivity contribution in [3.63, 3.8) is 0 Å². The maximum atomic E-state index is 5.65. The lowest BCUT2D eigenvalue weighted by Crippen LogP contribution is -2.31. The van der Waals surface area contributed by atoms with Gasteiger partial charge in [-0.25, -0.2) is 0 Å². The molecule has 0 saturated carbocycles. The fraction of sp³-hybridized carbons (Fsp3) is 0.647. The van der Waals surface area contributed by atoms with Crippen molar-refractivity contribution in [1.82, 2.24) is 0 Å². The minimum absolute atomic E-state index is 0.683. The van der Waals surface area contributed by atoms with Crippen molar-refractivity contribution in [3.05, 3.63) is 29.3 Å². The van der Waals surface area contributed by atoms with Gasteiger partial charge in [0.2, 0.25) is 0 Å². The highest BCUT2D eigenvalue weighted by Crippen LogP contribution is 2.21. The van der Waals surface area contributed by atoms with Crippen LogP contribution in [0.2, 0.25) is 0 Å².